The van der Waals surface area contributed by atoms with Gasteiger partial charge in [-0.3, -0.25) is 0 Å². The van der Waals surface area contributed by atoms with E-state index in [0.29, 0.717) is 28.9 Å². The number of ether oxygens (including phenoxy) is 4. The zero-order valence-electron chi connectivity index (χ0n) is 10.4. The fourth-order valence-electron chi connectivity index (χ4n) is 1.41. The number of benzene rings is 1. The van der Waals surface area contributed by atoms with Crippen molar-refractivity contribution in [2.45, 2.75) is 6.92 Å². The summed E-state index contributed by atoms with van der Waals surface area (Å²) in [6.45, 7) is 2.40. The van der Waals surface area contributed by atoms with Crippen LogP contribution in [-0.4, -0.2) is 33.0 Å². The molecule has 0 aromatic heterocycles. The number of hydrogen-bond acceptors (Lipinski definition) is 5. The summed E-state index contributed by atoms with van der Waals surface area (Å²) in [5.74, 6) is 1.66. The van der Waals surface area contributed by atoms with Crippen LogP contribution in [0, 0.1) is 0 Å². The molecule has 94 valence electrons. The lowest BCUT2D eigenvalue weighted by molar-refractivity contribution is 0.321. The monoisotopic (exact) mass is 256 g/mol. The van der Waals surface area contributed by atoms with Gasteiger partial charge >= 0.3 is 0 Å². The van der Waals surface area contributed by atoms with E-state index in [-0.39, 0.29) is 0 Å². The first-order valence-electron chi connectivity index (χ1n) is 5.15. The Kier molecular flexibility index (Phi) is 5.03. The minimum atomic E-state index is 0.409. The van der Waals surface area contributed by atoms with Crippen LogP contribution in [0.3, 0.4) is 0 Å². The fraction of sp³-hybridized carbons (Fsp3) is 0.417. The Hall–Kier alpha value is -1.49. The molecule has 1 aromatic rings. The lowest BCUT2D eigenvalue weighted by Gasteiger charge is -2.14. The van der Waals surface area contributed by atoms with Crippen molar-refractivity contribution >= 4 is 17.3 Å². The summed E-state index contributed by atoms with van der Waals surface area (Å²) < 4.78 is 21.0. The second kappa shape index (κ2) is 6.30. The highest BCUT2D eigenvalue weighted by molar-refractivity contribution is 7.80. The summed E-state index contributed by atoms with van der Waals surface area (Å²) in [6.07, 6.45) is 0. The highest BCUT2D eigenvalue weighted by Gasteiger charge is 2.15. The predicted molar refractivity (Wildman–Crippen MR) is 69.4 cm³/mol. The summed E-state index contributed by atoms with van der Waals surface area (Å²) in [7, 11) is 4.68. The van der Waals surface area contributed by atoms with E-state index in [1.54, 1.807) is 33.5 Å². The summed E-state index contributed by atoms with van der Waals surface area (Å²) in [5.41, 5.74) is 0.733. The van der Waals surface area contributed by atoms with Crippen LogP contribution in [0.25, 0.3) is 0 Å². The van der Waals surface area contributed by atoms with Crippen molar-refractivity contribution in [1.82, 2.24) is 0 Å². The van der Waals surface area contributed by atoms with Crippen molar-refractivity contribution in [3.63, 3.8) is 0 Å². The summed E-state index contributed by atoms with van der Waals surface area (Å²) in [5, 5.41) is 0.409. The molecule has 0 fully saturated rings. The maximum Gasteiger partial charge on any atom is 0.203 e. The zero-order chi connectivity index (χ0) is 12.8. The standard InChI is InChI=1S/C12H16O4S/c1-5-16-12(17)8-6-9(13-2)11(15-4)10(7-8)14-3/h6-7H,5H2,1-4H3. The van der Waals surface area contributed by atoms with Crippen molar-refractivity contribution < 1.29 is 18.9 Å². The first-order valence-corrected chi connectivity index (χ1v) is 5.55. The third-order valence-corrected chi connectivity index (χ3v) is 2.53. The van der Waals surface area contributed by atoms with E-state index in [1.165, 1.54) is 0 Å². The van der Waals surface area contributed by atoms with Crippen molar-refractivity contribution in [3.8, 4) is 17.2 Å². The third kappa shape index (κ3) is 3.00. The van der Waals surface area contributed by atoms with Crippen molar-refractivity contribution in [2.24, 2.45) is 0 Å². The molecule has 1 rings (SSSR count). The van der Waals surface area contributed by atoms with Crippen LogP contribution >= 0.6 is 12.2 Å². The van der Waals surface area contributed by atoms with E-state index in [2.05, 4.69) is 0 Å². The maximum atomic E-state index is 5.28. The van der Waals surface area contributed by atoms with E-state index in [9.17, 15) is 0 Å². The van der Waals surface area contributed by atoms with E-state index in [0.717, 1.165) is 5.56 Å². The van der Waals surface area contributed by atoms with Gasteiger partial charge in [0.15, 0.2) is 16.5 Å². The van der Waals surface area contributed by atoms with Gasteiger partial charge in [0.2, 0.25) is 5.75 Å². The highest BCUT2D eigenvalue weighted by Crippen LogP contribution is 2.38. The van der Waals surface area contributed by atoms with Crippen LogP contribution in [0.4, 0.5) is 0 Å². The molecule has 17 heavy (non-hydrogen) atoms. The number of methoxy groups -OCH3 is 3. The van der Waals surface area contributed by atoms with Crippen LogP contribution < -0.4 is 14.2 Å². The average Bonchev–Trinajstić information content (AvgIpc) is 2.37. The molecule has 0 aliphatic rings. The van der Waals surface area contributed by atoms with Crippen molar-refractivity contribution in [1.29, 1.82) is 0 Å². The molecule has 1 aromatic carbocycles. The normalized spacial score (nSPS) is 9.65. The molecule has 0 saturated carbocycles. The second-order valence-corrected chi connectivity index (χ2v) is 3.51. The summed E-state index contributed by atoms with van der Waals surface area (Å²) in [6, 6.07) is 3.53. The lowest BCUT2D eigenvalue weighted by Crippen LogP contribution is -2.05. The largest absolute Gasteiger partial charge is 0.493 e. The van der Waals surface area contributed by atoms with E-state index < -0.39 is 0 Å². The molecule has 0 radical (unpaired) electrons. The van der Waals surface area contributed by atoms with Gasteiger partial charge in [-0.15, -0.1) is 0 Å². The maximum absolute atomic E-state index is 5.28. The highest BCUT2D eigenvalue weighted by atomic mass is 32.1. The molecule has 0 amide bonds. The Labute approximate surface area is 106 Å². The minimum Gasteiger partial charge on any atom is -0.493 e. The fourth-order valence-corrected chi connectivity index (χ4v) is 1.65. The van der Waals surface area contributed by atoms with Gasteiger partial charge < -0.3 is 18.9 Å². The van der Waals surface area contributed by atoms with Gasteiger partial charge in [-0.2, -0.15) is 0 Å². The summed E-state index contributed by atoms with van der Waals surface area (Å²) >= 11 is 5.14. The lowest BCUT2D eigenvalue weighted by atomic mass is 10.2. The molecule has 0 aliphatic carbocycles. The van der Waals surface area contributed by atoms with E-state index >= 15 is 0 Å². The molecule has 5 heteroatoms. The number of hydrogen-bond donors (Lipinski definition) is 0. The molecule has 4 nitrogen and oxygen atoms in total. The smallest absolute Gasteiger partial charge is 0.203 e. The van der Waals surface area contributed by atoms with E-state index in [4.69, 9.17) is 31.2 Å². The average molecular weight is 256 g/mol. The Balaban J connectivity index is 3.22. The number of rotatable bonds is 5. The van der Waals surface area contributed by atoms with Crippen LogP contribution in [0.5, 0.6) is 17.2 Å². The number of thiocarbonyl (C=S) groups is 1. The molecule has 0 spiro atoms. The molecule has 0 aliphatic heterocycles. The van der Waals surface area contributed by atoms with E-state index in [1.807, 2.05) is 6.92 Å². The molecular formula is C12H16O4S. The molecule has 0 atom stereocenters. The molecule has 0 saturated heterocycles. The quantitative estimate of drug-likeness (QED) is 0.756. The Bertz CT molecular complexity index is 378. The van der Waals surface area contributed by atoms with Gasteiger partial charge in [-0.25, -0.2) is 0 Å². The molecule has 0 bridgehead atoms. The van der Waals surface area contributed by atoms with Crippen LogP contribution in [0.1, 0.15) is 12.5 Å². The minimum absolute atomic E-state index is 0.409. The first kappa shape index (κ1) is 13.6. The van der Waals surface area contributed by atoms with Gasteiger partial charge in [0.25, 0.3) is 0 Å². The first-order chi connectivity index (χ1) is 8.17. The molecular weight excluding hydrogens is 240 g/mol. The Morgan fingerprint density at radius 1 is 1.06 bits per heavy atom. The SMILES string of the molecule is CCOC(=S)c1cc(OC)c(OC)c(OC)c1. The predicted octanol–water partition coefficient (Wildman–Crippen LogP) is 2.42. The molecule has 0 heterocycles. The Morgan fingerprint density at radius 3 is 1.94 bits per heavy atom. The second-order valence-electron chi connectivity index (χ2n) is 3.13. The topological polar surface area (TPSA) is 36.9 Å². The van der Waals surface area contributed by atoms with Gasteiger partial charge in [0, 0.05) is 5.56 Å². The van der Waals surface area contributed by atoms with Crippen molar-refractivity contribution in [2.75, 3.05) is 27.9 Å². The zero-order valence-corrected chi connectivity index (χ0v) is 11.2. The van der Waals surface area contributed by atoms with Crippen LogP contribution in [0.15, 0.2) is 12.1 Å². The molecule has 0 N–H and O–H groups in total. The van der Waals surface area contributed by atoms with Crippen LogP contribution in [-0.2, 0) is 4.74 Å². The van der Waals surface area contributed by atoms with Gasteiger partial charge in [-0.05, 0) is 31.3 Å². The third-order valence-electron chi connectivity index (χ3n) is 2.18. The van der Waals surface area contributed by atoms with Crippen LogP contribution in [0.2, 0.25) is 0 Å². The Morgan fingerprint density at radius 2 is 1.59 bits per heavy atom. The van der Waals surface area contributed by atoms with Gasteiger partial charge in [-0.1, -0.05) is 0 Å². The van der Waals surface area contributed by atoms with Crippen molar-refractivity contribution in [3.05, 3.63) is 17.7 Å². The van der Waals surface area contributed by atoms with Gasteiger partial charge in [0.05, 0.1) is 27.9 Å². The molecule has 0 unspecified atom stereocenters. The summed E-state index contributed by atoms with van der Waals surface area (Å²) in [4.78, 5) is 0. The van der Waals surface area contributed by atoms with Gasteiger partial charge in [0.1, 0.15) is 0 Å².